The Morgan fingerprint density at radius 3 is 2.59 bits per heavy atom. The van der Waals surface area contributed by atoms with Gasteiger partial charge in [0.1, 0.15) is 17.1 Å². The second kappa shape index (κ2) is 9.82. The summed E-state index contributed by atoms with van der Waals surface area (Å²) in [5, 5.41) is 24.4. The Balaban J connectivity index is 2.02. The van der Waals surface area contributed by atoms with Crippen LogP contribution in [0.25, 0.3) is 22.3 Å². The average molecular weight is 405 g/mol. The summed E-state index contributed by atoms with van der Waals surface area (Å²) in [4.78, 5) is 0. The first-order chi connectivity index (χ1) is 14.0. The molecule has 156 valence electrons. The molecule has 2 aromatic carbocycles. The molecule has 0 bridgehead atoms. The molecule has 3 rings (SSSR count). The molecule has 0 aliphatic carbocycles. The zero-order chi connectivity index (χ0) is 20.8. The van der Waals surface area contributed by atoms with Crippen molar-refractivity contribution in [1.29, 1.82) is 0 Å². The van der Waals surface area contributed by atoms with E-state index in [-0.39, 0.29) is 12.3 Å². The predicted octanol–water partition coefficient (Wildman–Crippen LogP) is 4.62. The molecule has 3 aromatic rings. The summed E-state index contributed by atoms with van der Waals surface area (Å²) in [6.07, 6.45) is -2.66. The topological polar surface area (TPSA) is 74.9 Å². The number of aromatic hydroxyl groups is 1. The van der Waals surface area contributed by atoms with Crippen LogP contribution in [-0.4, -0.2) is 36.3 Å². The van der Waals surface area contributed by atoms with E-state index in [4.69, 9.17) is 9.15 Å². The number of phenolic OH excluding ortho intramolecular Hbond substituents is 1. The van der Waals surface area contributed by atoms with Crippen molar-refractivity contribution in [2.24, 2.45) is 0 Å². The van der Waals surface area contributed by atoms with Gasteiger partial charge in [0.25, 0.3) is 6.43 Å². The van der Waals surface area contributed by atoms with E-state index in [9.17, 15) is 19.0 Å². The van der Waals surface area contributed by atoms with Crippen LogP contribution < -0.4 is 5.32 Å². The number of hydrogen-bond acceptors (Lipinski definition) is 5. The summed E-state index contributed by atoms with van der Waals surface area (Å²) in [6, 6.07) is 12.5. The van der Waals surface area contributed by atoms with Gasteiger partial charge in [0, 0.05) is 23.1 Å². The van der Waals surface area contributed by atoms with Crippen molar-refractivity contribution in [1.82, 2.24) is 5.32 Å². The highest BCUT2D eigenvalue weighted by Gasteiger charge is 2.26. The van der Waals surface area contributed by atoms with Gasteiger partial charge >= 0.3 is 0 Å². The molecule has 5 nitrogen and oxygen atoms in total. The van der Waals surface area contributed by atoms with Crippen molar-refractivity contribution in [2.75, 3.05) is 19.7 Å². The van der Waals surface area contributed by atoms with Gasteiger partial charge in [0.2, 0.25) is 0 Å². The highest BCUT2D eigenvalue weighted by atomic mass is 19.3. The molecule has 0 amide bonds. The molecule has 0 aliphatic rings. The quantitative estimate of drug-likeness (QED) is 0.339. The third kappa shape index (κ3) is 4.93. The van der Waals surface area contributed by atoms with Crippen LogP contribution in [0.5, 0.6) is 5.75 Å². The Hall–Kier alpha value is -2.48. The number of nitrogens with one attached hydrogen (secondary N) is 1. The molecule has 1 unspecified atom stereocenters. The molecule has 1 aromatic heterocycles. The Labute approximate surface area is 167 Å². The van der Waals surface area contributed by atoms with Crippen molar-refractivity contribution in [2.45, 2.75) is 32.5 Å². The average Bonchev–Trinajstić information content (AvgIpc) is 3.09. The highest BCUT2D eigenvalue weighted by molar-refractivity contribution is 5.92. The fourth-order valence-corrected chi connectivity index (χ4v) is 3.41. The normalized spacial score (nSPS) is 12.7. The van der Waals surface area contributed by atoms with E-state index >= 15 is 0 Å². The van der Waals surface area contributed by atoms with Crippen molar-refractivity contribution >= 4 is 11.0 Å². The number of benzene rings is 2. The van der Waals surface area contributed by atoms with E-state index in [1.807, 2.05) is 30.3 Å². The lowest BCUT2D eigenvalue weighted by Gasteiger charge is -2.14. The molecule has 0 fully saturated rings. The van der Waals surface area contributed by atoms with Gasteiger partial charge in [-0.2, -0.15) is 0 Å². The summed E-state index contributed by atoms with van der Waals surface area (Å²) in [6.45, 7) is 2.09. The molecule has 7 heteroatoms. The maximum Gasteiger partial charge on any atom is 0.250 e. The van der Waals surface area contributed by atoms with Crippen molar-refractivity contribution in [3.8, 4) is 17.1 Å². The number of aryl methyl sites for hydroxylation is 1. The number of fused-ring (bicyclic) bond motifs is 1. The minimum Gasteiger partial charge on any atom is -0.508 e. The molecule has 0 radical (unpaired) electrons. The number of hydrogen-bond donors (Lipinski definition) is 3. The summed E-state index contributed by atoms with van der Waals surface area (Å²) in [5.41, 5.74) is 2.35. The monoisotopic (exact) mass is 405 g/mol. The van der Waals surface area contributed by atoms with Gasteiger partial charge in [-0.15, -0.1) is 0 Å². The second-order valence-corrected chi connectivity index (χ2v) is 6.65. The third-order valence-electron chi connectivity index (χ3n) is 4.66. The smallest absolute Gasteiger partial charge is 0.250 e. The number of furan rings is 1. The van der Waals surface area contributed by atoms with Crippen LogP contribution in [0.2, 0.25) is 0 Å². The van der Waals surface area contributed by atoms with Gasteiger partial charge in [0.15, 0.2) is 6.29 Å². The minimum atomic E-state index is -2.40. The van der Waals surface area contributed by atoms with Crippen LogP contribution >= 0.6 is 0 Å². The van der Waals surface area contributed by atoms with Crippen molar-refractivity contribution in [3.05, 3.63) is 53.6 Å². The molecule has 1 heterocycles. The van der Waals surface area contributed by atoms with Crippen LogP contribution in [0.15, 0.2) is 46.9 Å². The van der Waals surface area contributed by atoms with Gasteiger partial charge in [-0.25, -0.2) is 8.78 Å². The molecule has 3 N–H and O–H groups in total. The first-order valence-corrected chi connectivity index (χ1v) is 9.64. The van der Waals surface area contributed by atoms with Gasteiger partial charge in [-0.3, -0.25) is 0 Å². The summed E-state index contributed by atoms with van der Waals surface area (Å²) >= 11 is 0. The summed E-state index contributed by atoms with van der Waals surface area (Å²) in [5.74, 6) is 0.543. The predicted molar refractivity (Wildman–Crippen MR) is 107 cm³/mol. The maximum atomic E-state index is 12.3. The Morgan fingerprint density at radius 2 is 1.90 bits per heavy atom. The van der Waals surface area contributed by atoms with E-state index in [0.29, 0.717) is 53.8 Å². The maximum absolute atomic E-state index is 12.3. The Bertz CT molecular complexity index is 927. The van der Waals surface area contributed by atoms with E-state index in [1.165, 1.54) is 0 Å². The fourth-order valence-electron chi connectivity index (χ4n) is 3.41. The van der Waals surface area contributed by atoms with E-state index < -0.39 is 12.7 Å². The summed E-state index contributed by atoms with van der Waals surface area (Å²) in [7, 11) is 0. The molecule has 29 heavy (non-hydrogen) atoms. The molecule has 0 aliphatic heterocycles. The fraction of sp³-hybridized carbons (Fsp3) is 0.364. The van der Waals surface area contributed by atoms with Crippen LogP contribution in [0.3, 0.4) is 0 Å². The number of ether oxygens (including phenoxy) is 1. The molecular weight excluding hydrogens is 380 g/mol. The van der Waals surface area contributed by atoms with Crippen LogP contribution in [0.1, 0.15) is 30.8 Å². The second-order valence-electron chi connectivity index (χ2n) is 6.65. The molecule has 0 saturated heterocycles. The highest BCUT2D eigenvalue weighted by Crippen LogP contribution is 2.42. The van der Waals surface area contributed by atoms with Gasteiger partial charge < -0.3 is 24.7 Å². The first-order valence-electron chi connectivity index (χ1n) is 9.64. The number of phenols is 1. The van der Waals surface area contributed by atoms with Gasteiger partial charge in [-0.05, 0) is 38.4 Å². The number of rotatable bonds is 10. The molecule has 0 saturated carbocycles. The lowest BCUT2D eigenvalue weighted by atomic mass is 9.97. The lowest BCUT2D eigenvalue weighted by Crippen LogP contribution is -2.22. The molecule has 0 spiro atoms. The van der Waals surface area contributed by atoms with E-state index in [1.54, 1.807) is 19.1 Å². The van der Waals surface area contributed by atoms with Crippen LogP contribution in [0, 0.1) is 0 Å². The third-order valence-corrected chi connectivity index (χ3v) is 4.66. The van der Waals surface area contributed by atoms with Crippen LogP contribution in [-0.2, 0) is 11.2 Å². The SMILES string of the molecule is CCOC(O)c1c(-c2ccccc2)oc2ccc(O)c(CCCNCC(F)F)c12. The number of alkyl halides is 2. The van der Waals surface area contributed by atoms with Crippen molar-refractivity contribution in [3.63, 3.8) is 0 Å². The van der Waals surface area contributed by atoms with Gasteiger partial charge in [0.05, 0.1) is 12.1 Å². The van der Waals surface area contributed by atoms with E-state index in [2.05, 4.69) is 5.32 Å². The summed E-state index contributed by atoms with van der Waals surface area (Å²) < 4.78 is 36.0. The lowest BCUT2D eigenvalue weighted by molar-refractivity contribution is -0.0969. The van der Waals surface area contributed by atoms with Crippen LogP contribution in [0.4, 0.5) is 8.78 Å². The minimum absolute atomic E-state index is 0.0664. The largest absolute Gasteiger partial charge is 0.508 e. The molecule has 1 atom stereocenters. The number of halogens is 2. The zero-order valence-electron chi connectivity index (χ0n) is 16.2. The van der Waals surface area contributed by atoms with Crippen molar-refractivity contribution < 1.29 is 28.1 Å². The zero-order valence-corrected chi connectivity index (χ0v) is 16.2. The Kier molecular flexibility index (Phi) is 7.19. The van der Waals surface area contributed by atoms with Gasteiger partial charge in [-0.1, -0.05) is 30.3 Å². The molecular formula is C22H25F2NO4. The standard InChI is InChI=1S/C22H25F2NO4/c1-2-28-22(27)20-19-15(9-6-12-25-13-18(23)24)16(26)10-11-17(19)29-21(20)14-7-4-3-5-8-14/h3-5,7-8,10-11,18,22,25-27H,2,6,9,12-13H2,1H3. The Morgan fingerprint density at radius 1 is 1.14 bits per heavy atom. The number of aliphatic hydroxyl groups excluding tert-OH is 1. The first kappa shape index (κ1) is 21.2. The van der Waals surface area contributed by atoms with E-state index in [0.717, 1.165) is 5.56 Å². The number of aliphatic hydroxyl groups is 1.